The standard InChI is InChI=1S/C18H11ClF5N3O/c19-11-4-5-12(18(22,23)24)10(8-11)9-27-7-6-15(26-27)25-17(28)16-13(20)2-1-3-14(16)21/h1-8H,9H2,(H,25,26,28). The Morgan fingerprint density at radius 1 is 1.11 bits per heavy atom. The van der Waals surface area contributed by atoms with Gasteiger partial charge in [-0.25, -0.2) is 8.78 Å². The third-order valence-electron chi connectivity index (χ3n) is 3.78. The lowest BCUT2D eigenvalue weighted by atomic mass is 10.1. The highest BCUT2D eigenvalue weighted by Gasteiger charge is 2.33. The van der Waals surface area contributed by atoms with E-state index in [2.05, 4.69) is 10.4 Å². The first-order valence-electron chi connectivity index (χ1n) is 7.79. The summed E-state index contributed by atoms with van der Waals surface area (Å²) in [6.45, 7) is -0.278. The highest BCUT2D eigenvalue weighted by molar-refractivity contribution is 6.30. The molecule has 10 heteroatoms. The zero-order valence-corrected chi connectivity index (χ0v) is 14.7. The van der Waals surface area contributed by atoms with Crippen LogP contribution in [0.15, 0.2) is 48.7 Å². The number of anilines is 1. The van der Waals surface area contributed by atoms with E-state index in [0.29, 0.717) is 0 Å². The quantitative estimate of drug-likeness (QED) is 0.600. The predicted molar refractivity (Wildman–Crippen MR) is 92.1 cm³/mol. The Labute approximate surface area is 160 Å². The van der Waals surface area contributed by atoms with E-state index in [0.717, 1.165) is 35.0 Å². The van der Waals surface area contributed by atoms with E-state index >= 15 is 0 Å². The van der Waals surface area contributed by atoms with Crippen molar-refractivity contribution in [3.8, 4) is 0 Å². The third-order valence-corrected chi connectivity index (χ3v) is 4.01. The zero-order valence-electron chi connectivity index (χ0n) is 13.9. The second kappa shape index (κ2) is 7.59. The molecule has 0 aliphatic heterocycles. The second-order valence-electron chi connectivity index (χ2n) is 5.75. The molecule has 1 aromatic heterocycles. The lowest BCUT2D eigenvalue weighted by molar-refractivity contribution is -0.138. The summed E-state index contributed by atoms with van der Waals surface area (Å²) < 4.78 is 67.8. The summed E-state index contributed by atoms with van der Waals surface area (Å²) in [6, 6.07) is 7.41. The molecule has 1 amide bonds. The molecule has 1 N–H and O–H groups in total. The van der Waals surface area contributed by atoms with Crippen molar-refractivity contribution in [3.63, 3.8) is 0 Å². The molecule has 0 aliphatic rings. The summed E-state index contributed by atoms with van der Waals surface area (Å²) in [7, 11) is 0. The predicted octanol–water partition coefficient (Wildman–Crippen LogP) is 5.13. The number of halogens is 6. The number of alkyl halides is 3. The summed E-state index contributed by atoms with van der Waals surface area (Å²) >= 11 is 5.78. The topological polar surface area (TPSA) is 46.9 Å². The van der Waals surface area contributed by atoms with Gasteiger partial charge < -0.3 is 5.32 Å². The molecule has 0 unspecified atom stereocenters. The molecule has 0 fully saturated rings. The minimum absolute atomic E-state index is 0.0803. The number of carbonyl (C=O) groups is 1. The van der Waals surface area contributed by atoms with Crippen molar-refractivity contribution in [2.75, 3.05) is 5.32 Å². The molecule has 0 atom stereocenters. The zero-order chi connectivity index (χ0) is 20.5. The van der Waals surface area contributed by atoms with Crippen LogP contribution in [0.1, 0.15) is 21.5 Å². The van der Waals surface area contributed by atoms with Crippen LogP contribution in [0.3, 0.4) is 0 Å². The first-order chi connectivity index (χ1) is 13.1. The minimum atomic E-state index is -4.58. The maximum absolute atomic E-state index is 13.6. The first kappa shape index (κ1) is 19.8. The van der Waals surface area contributed by atoms with E-state index in [9.17, 15) is 26.7 Å². The van der Waals surface area contributed by atoms with Crippen molar-refractivity contribution in [3.05, 3.63) is 82.0 Å². The fourth-order valence-corrected chi connectivity index (χ4v) is 2.75. The molecular formula is C18H11ClF5N3O. The average Bonchev–Trinajstić information content (AvgIpc) is 3.00. The van der Waals surface area contributed by atoms with Gasteiger partial charge in [0, 0.05) is 17.3 Å². The number of carbonyl (C=O) groups excluding carboxylic acids is 1. The van der Waals surface area contributed by atoms with Crippen LogP contribution in [-0.2, 0) is 12.7 Å². The van der Waals surface area contributed by atoms with Crippen molar-refractivity contribution in [1.29, 1.82) is 0 Å². The number of aromatic nitrogens is 2. The van der Waals surface area contributed by atoms with Gasteiger partial charge in [-0.1, -0.05) is 17.7 Å². The number of rotatable bonds is 4. The Bertz CT molecular complexity index is 1010. The number of benzene rings is 2. The molecule has 2 aromatic carbocycles. The molecule has 28 heavy (non-hydrogen) atoms. The van der Waals surface area contributed by atoms with Gasteiger partial charge in [-0.3, -0.25) is 9.48 Å². The number of hydrogen-bond acceptors (Lipinski definition) is 2. The van der Waals surface area contributed by atoms with Gasteiger partial charge in [0.1, 0.15) is 17.2 Å². The Morgan fingerprint density at radius 3 is 2.43 bits per heavy atom. The van der Waals surface area contributed by atoms with Crippen molar-refractivity contribution in [2.45, 2.75) is 12.7 Å². The van der Waals surface area contributed by atoms with Crippen LogP contribution < -0.4 is 5.32 Å². The molecule has 146 valence electrons. The lowest BCUT2D eigenvalue weighted by Crippen LogP contribution is -2.16. The summed E-state index contributed by atoms with van der Waals surface area (Å²) in [6.07, 6.45) is -3.26. The van der Waals surface area contributed by atoms with Gasteiger partial charge in [0.2, 0.25) is 0 Å². The average molecular weight is 416 g/mol. The molecule has 3 rings (SSSR count). The van der Waals surface area contributed by atoms with Gasteiger partial charge >= 0.3 is 6.18 Å². The Morgan fingerprint density at radius 2 is 1.79 bits per heavy atom. The summed E-state index contributed by atoms with van der Waals surface area (Å²) in [5.74, 6) is -3.25. The van der Waals surface area contributed by atoms with Crippen LogP contribution in [-0.4, -0.2) is 15.7 Å². The molecule has 0 bridgehead atoms. The van der Waals surface area contributed by atoms with E-state index in [-0.39, 0.29) is 22.9 Å². The maximum atomic E-state index is 13.6. The number of amides is 1. The summed E-state index contributed by atoms with van der Waals surface area (Å²) in [5, 5.41) is 6.24. The van der Waals surface area contributed by atoms with E-state index < -0.39 is 34.8 Å². The van der Waals surface area contributed by atoms with Gasteiger partial charge in [0.05, 0.1) is 12.1 Å². The Kier molecular flexibility index (Phi) is 5.37. The molecule has 1 heterocycles. The maximum Gasteiger partial charge on any atom is 0.416 e. The largest absolute Gasteiger partial charge is 0.416 e. The molecule has 4 nitrogen and oxygen atoms in total. The van der Waals surface area contributed by atoms with E-state index in [1.165, 1.54) is 18.3 Å². The van der Waals surface area contributed by atoms with Crippen LogP contribution in [0.5, 0.6) is 0 Å². The molecular weight excluding hydrogens is 405 g/mol. The van der Waals surface area contributed by atoms with Crippen LogP contribution in [0.4, 0.5) is 27.8 Å². The normalized spacial score (nSPS) is 11.5. The monoisotopic (exact) mass is 415 g/mol. The van der Waals surface area contributed by atoms with Crippen molar-refractivity contribution in [2.24, 2.45) is 0 Å². The third kappa shape index (κ3) is 4.30. The van der Waals surface area contributed by atoms with Crippen molar-refractivity contribution < 1.29 is 26.7 Å². The van der Waals surface area contributed by atoms with Crippen molar-refractivity contribution in [1.82, 2.24) is 9.78 Å². The molecule has 3 aromatic rings. The van der Waals surface area contributed by atoms with Gasteiger partial charge in [-0.15, -0.1) is 0 Å². The van der Waals surface area contributed by atoms with E-state index in [1.807, 2.05) is 0 Å². The second-order valence-corrected chi connectivity index (χ2v) is 6.19. The van der Waals surface area contributed by atoms with Gasteiger partial charge in [-0.05, 0) is 35.9 Å². The number of nitrogens with one attached hydrogen (secondary N) is 1. The van der Waals surface area contributed by atoms with Gasteiger partial charge in [0.15, 0.2) is 5.82 Å². The minimum Gasteiger partial charge on any atom is -0.305 e. The molecule has 0 aliphatic carbocycles. The van der Waals surface area contributed by atoms with Gasteiger partial charge in [0.25, 0.3) is 5.91 Å². The highest BCUT2D eigenvalue weighted by Crippen LogP contribution is 2.33. The Hall–Kier alpha value is -2.94. The number of hydrogen-bond donors (Lipinski definition) is 1. The lowest BCUT2D eigenvalue weighted by Gasteiger charge is -2.13. The summed E-state index contributed by atoms with van der Waals surface area (Å²) in [4.78, 5) is 12.0. The van der Waals surface area contributed by atoms with E-state index in [1.54, 1.807) is 0 Å². The molecule has 0 radical (unpaired) electrons. The summed E-state index contributed by atoms with van der Waals surface area (Å²) in [5.41, 5.74) is -1.78. The highest BCUT2D eigenvalue weighted by atomic mass is 35.5. The van der Waals surface area contributed by atoms with E-state index in [4.69, 9.17) is 11.6 Å². The molecule has 0 saturated carbocycles. The first-order valence-corrected chi connectivity index (χ1v) is 8.17. The smallest absolute Gasteiger partial charge is 0.305 e. The van der Waals surface area contributed by atoms with Crippen LogP contribution in [0, 0.1) is 11.6 Å². The SMILES string of the molecule is O=C(Nc1ccn(Cc2cc(Cl)ccc2C(F)(F)F)n1)c1c(F)cccc1F. The molecule has 0 saturated heterocycles. The van der Waals surface area contributed by atoms with Crippen LogP contribution in [0.25, 0.3) is 0 Å². The Balaban J connectivity index is 1.81. The fourth-order valence-electron chi connectivity index (χ4n) is 2.55. The van der Waals surface area contributed by atoms with Crippen LogP contribution >= 0.6 is 11.6 Å². The van der Waals surface area contributed by atoms with Crippen molar-refractivity contribution >= 4 is 23.3 Å². The van der Waals surface area contributed by atoms with Crippen LogP contribution in [0.2, 0.25) is 5.02 Å². The molecule has 0 spiro atoms. The van der Waals surface area contributed by atoms with Gasteiger partial charge in [-0.2, -0.15) is 18.3 Å². The fraction of sp³-hybridized carbons (Fsp3) is 0.111. The number of nitrogens with zero attached hydrogens (tertiary/aromatic N) is 2.